The Labute approximate surface area is 118 Å². The highest BCUT2D eigenvalue weighted by atomic mass is 32.2. The van der Waals surface area contributed by atoms with E-state index in [0.717, 1.165) is 28.6 Å². The summed E-state index contributed by atoms with van der Waals surface area (Å²) in [5.74, 6) is 1.82. The summed E-state index contributed by atoms with van der Waals surface area (Å²) < 4.78 is 5.87. The summed E-state index contributed by atoms with van der Waals surface area (Å²) in [4.78, 5) is 5.40. The highest BCUT2D eigenvalue weighted by Crippen LogP contribution is 2.27. The minimum absolute atomic E-state index is 0.554. The first kappa shape index (κ1) is 13.7. The van der Waals surface area contributed by atoms with Crippen LogP contribution in [0.1, 0.15) is 12.5 Å². The summed E-state index contributed by atoms with van der Waals surface area (Å²) >= 11 is 1.69. The molecule has 2 rings (SSSR count). The number of rotatable bonds is 6. The van der Waals surface area contributed by atoms with Crippen molar-refractivity contribution in [3.05, 3.63) is 48.2 Å². The molecule has 0 aliphatic rings. The molecule has 0 saturated heterocycles. The van der Waals surface area contributed by atoms with E-state index in [1.54, 1.807) is 18.0 Å². The molecule has 1 aromatic heterocycles. The van der Waals surface area contributed by atoms with E-state index in [2.05, 4.69) is 29.5 Å². The SMILES string of the molecule is CCNc1cc(COc2ccccc2SC)ccn1. The Morgan fingerprint density at radius 1 is 1.26 bits per heavy atom. The van der Waals surface area contributed by atoms with Gasteiger partial charge in [-0.2, -0.15) is 0 Å². The number of thioether (sulfide) groups is 1. The zero-order valence-electron chi connectivity index (χ0n) is 11.2. The maximum Gasteiger partial charge on any atom is 0.133 e. The van der Waals surface area contributed by atoms with Crippen LogP contribution in [0.15, 0.2) is 47.5 Å². The van der Waals surface area contributed by atoms with Crippen LogP contribution in [0.3, 0.4) is 0 Å². The predicted molar refractivity (Wildman–Crippen MR) is 81.0 cm³/mol. The molecular formula is C15H18N2OS. The maximum absolute atomic E-state index is 5.87. The standard InChI is InChI=1S/C15H18N2OS/c1-3-16-15-10-12(8-9-17-15)11-18-13-6-4-5-7-14(13)19-2/h4-10H,3,11H2,1-2H3,(H,16,17). The van der Waals surface area contributed by atoms with E-state index in [1.807, 2.05) is 30.3 Å². The Kier molecular flexibility index (Phi) is 5.10. The first-order valence-corrected chi connectivity index (χ1v) is 7.50. The van der Waals surface area contributed by atoms with Crippen LogP contribution in [-0.2, 0) is 6.61 Å². The number of hydrogen-bond acceptors (Lipinski definition) is 4. The smallest absolute Gasteiger partial charge is 0.133 e. The molecule has 0 spiro atoms. The predicted octanol–water partition coefficient (Wildman–Crippen LogP) is 3.81. The molecule has 100 valence electrons. The van der Waals surface area contributed by atoms with E-state index >= 15 is 0 Å². The topological polar surface area (TPSA) is 34.1 Å². The third-order valence-electron chi connectivity index (χ3n) is 2.65. The van der Waals surface area contributed by atoms with Crippen LogP contribution in [0.25, 0.3) is 0 Å². The number of hydrogen-bond donors (Lipinski definition) is 1. The van der Waals surface area contributed by atoms with Crippen LogP contribution in [0.4, 0.5) is 5.82 Å². The lowest BCUT2D eigenvalue weighted by atomic mass is 10.2. The normalized spacial score (nSPS) is 10.2. The van der Waals surface area contributed by atoms with Crippen molar-refractivity contribution in [1.82, 2.24) is 4.98 Å². The molecule has 0 radical (unpaired) electrons. The van der Waals surface area contributed by atoms with Crippen molar-refractivity contribution in [2.24, 2.45) is 0 Å². The Hall–Kier alpha value is -1.68. The molecule has 1 heterocycles. The number of pyridine rings is 1. The average Bonchev–Trinajstić information content (AvgIpc) is 2.46. The van der Waals surface area contributed by atoms with Crippen LogP contribution in [0.5, 0.6) is 5.75 Å². The number of anilines is 1. The third-order valence-corrected chi connectivity index (χ3v) is 3.42. The highest BCUT2D eigenvalue weighted by molar-refractivity contribution is 7.98. The van der Waals surface area contributed by atoms with Crippen molar-refractivity contribution in [3.63, 3.8) is 0 Å². The summed E-state index contributed by atoms with van der Waals surface area (Å²) in [6.45, 7) is 3.48. The van der Waals surface area contributed by atoms with Crippen LogP contribution >= 0.6 is 11.8 Å². The van der Waals surface area contributed by atoms with Crippen molar-refractivity contribution in [3.8, 4) is 5.75 Å². The molecule has 19 heavy (non-hydrogen) atoms. The largest absolute Gasteiger partial charge is 0.488 e. The number of aromatic nitrogens is 1. The molecule has 0 aliphatic heterocycles. The highest BCUT2D eigenvalue weighted by Gasteiger charge is 2.02. The Balaban J connectivity index is 2.03. The summed E-state index contributed by atoms with van der Waals surface area (Å²) in [5, 5.41) is 3.20. The van der Waals surface area contributed by atoms with Gasteiger partial charge >= 0.3 is 0 Å². The molecule has 1 N–H and O–H groups in total. The minimum atomic E-state index is 0.554. The van der Waals surface area contributed by atoms with Gasteiger partial charge in [0.2, 0.25) is 0 Å². The maximum atomic E-state index is 5.87. The molecule has 1 aromatic carbocycles. The van der Waals surface area contributed by atoms with E-state index in [1.165, 1.54) is 0 Å². The molecule has 0 unspecified atom stereocenters. The molecule has 0 bridgehead atoms. The van der Waals surface area contributed by atoms with Crippen LogP contribution in [0, 0.1) is 0 Å². The fourth-order valence-corrected chi connectivity index (χ4v) is 2.28. The van der Waals surface area contributed by atoms with E-state index in [9.17, 15) is 0 Å². The van der Waals surface area contributed by atoms with Crippen molar-refractivity contribution in [2.45, 2.75) is 18.4 Å². The summed E-state index contributed by atoms with van der Waals surface area (Å²) in [6.07, 6.45) is 3.86. The van der Waals surface area contributed by atoms with Crippen molar-refractivity contribution in [2.75, 3.05) is 18.1 Å². The molecule has 3 nitrogen and oxygen atoms in total. The summed E-state index contributed by atoms with van der Waals surface area (Å²) in [5.41, 5.74) is 1.11. The monoisotopic (exact) mass is 274 g/mol. The molecule has 4 heteroatoms. The molecule has 0 amide bonds. The number of benzene rings is 1. The van der Waals surface area contributed by atoms with Gasteiger partial charge in [0.05, 0.1) is 0 Å². The summed E-state index contributed by atoms with van der Waals surface area (Å²) in [6, 6.07) is 12.1. The van der Waals surface area contributed by atoms with Gasteiger partial charge < -0.3 is 10.1 Å². The van der Waals surface area contributed by atoms with Gasteiger partial charge in [0.25, 0.3) is 0 Å². The molecule has 0 aliphatic carbocycles. The zero-order chi connectivity index (χ0) is 13.5. The van der Waals surface area contributed by atoms with Crippen molar-refractivity contribution >= 4 is 17.6 Å². The van der Waals surface area contributed by atoms with Crippen molar-refractivity contribution in [1.29, 1.82) is 0 Å². The van der Waals surface area contributed by atoms with Gasteiger partial charge in [-0.25, -0.2) is 4.98 Å². The number of para-hydroxylation sites is 1. The first-order chi connectivity index (χ1) is 9.33. The van der Waals surface area contributed by atoms with Gasteiger partial charge in [0, 0.05) is 17.6 Å². The number of nitrogens with one attached hydrogen (secondary N) is 1. The van der Waals surface area contributed by atoms with Gasteiger partial charge in [-0.1, -0.05) is 12.1 Å². The molecule has 2 aromatic rings. The van der Waals surface area contributed by atoms with E-state index < -0.39 is 0 Å². The Morgan fingerprint density at radius 3 is 2.89 bits per heavy atom. The second-order valence-electron chi connectivity index (χ2n) is 4.02. The van der Waals surface area contributed by atoms with E-state index in [0.29, 0.717) is 6.61 Å². The number of nitrogens with zero attached hydrogens (tertiary/aromatic N) is 1. The van der Waals surface area contributed by atoms with Gasteiger partial charge in [-0.15, -0.1) is 11.8 Å². The molecule has 0 fully saturated rings. The van der Waals surface area contributed by atoms with Crippen LogP contribution in [-0.4, -0.2) is 17.8 Å². The third kappa shape index (κ3) is 3.89. The minimum Gasteiger partial charge on any atom is -0.488 e. The van der Waals surface area contributed by atoms with Gasteiger partial charge in [0.15, 0.2) is 0 Å². The lowest BCUT2D eigenvalue weighted by molar-refractivity contribution is 0.299. The Morgan fingerprint density at radius 2 is 2.11 bits per heavy atom. The zero-order valence-corrected chi connectivity index (χ0v) is 12.0. The Bertz CT molecular complexity index is 531. The van der Waals surface area contributed by atoms with Crippen molar-refractivity contribution < 1.29 is 4.74 Å². The fraction of sp³-hybridized carbons (Fsp3) is 0.267. The first-order valence-electron chi connectivity index (χ1n) is 6.28. The van der Waals surface area contributed by atoms with Gasteiger partial charge in [-0.3, -0.25) is 0 Å². The van der Waals surface area contributed by atoms with E-state index in [-0.39, 0.29) is 0 Å². The van der Waals surface area contributed by atoms with Gasteiger partial charge in [0.1, 0.15) is 18.2 Å². The molecule has 0 saturated carbocycles. The molecular weight excluding hydrogens is 256 g/mol. The summed E-state index contributed by atoms with van der Waals surface area (Å²) in [7, 11) is 0. The second-order valence-corrected chi connectivity index (χ2v) is 4.87. The average molecular weight is 274 g/mol. The van der Waals surface area contributed by atoms with Gasteiger partial charge in [-0.05, 0) is 43.0 Å². The van der Waals surface area contributed by atoms with Crippen LogP contribution in [0.2, 0.25) is 0 Å². The number of ether oxygens (including phenoxy) is 1. The lowest BCUT2D eigenvalue weighted by Gasteiger charge is -2.10. The van der Waals surface area contributed by atoms with E-state index in [4.69, 9.17) is 4.74 Å². The molecule has 0 atom stereocenters. The lowest BCUT2D eigenvalue weighted by Crippen LogP contribution is -2.01. The second kappa shape index (κ2) is 7.04. The quantitative estimate of drug-likeness (QED) is 0.812. The fourth-order valence-electron chi connectivity index (χ4n) is 1.74. The van der Waals surface area contributed by atoms with Crippen LogP contribution < -0.4 is 10.1 Å².